The molecular weight excluding hydrogens is 374 g/mol. The maximum absolute atomic E-state index is 12.8. The summed E-state index contributed by atoms with van der Waals surface area (Å²) in [6.45, 7) is 2.77. The largest absolute Gasteiger partial charge is 0.493 e. The summed E-state index contributed by atoms with van der Waals surface area (Å²) in [6.07, 6.45) is 7.02. The van der Waals surface area contributed by atoms with Gasteiger partial charge in [0.05, 0.1) is 11.6 Å². The van der Waals surface area contributed by atoms with E-state index in [0.29, 0.717) is 22.9 Å². The molecule has 0 radical (unpaired) electrons. The van der Waals surface area contributed by atoms with E-state index in [2.05, 4.69) is 5.32 Å². The van der Waals surface area contributed by atoms with E-state index in [1.54, 1.807) is 6.07 Å². The maximum Gasteiger partial charge on any atom is 0.251 e. The Morgan fingerprint density at radius 2 is 1.79 bits per heavy atom. The van der Waals surface area contributed by atoms with Crippen LogP contribution in [0.1, 0.15) is 61.4 Å². The van der Waals surface area contributed by atoms with Gasteiger partial charge in [-0.2, -0.15) is 0 Å². The molecule has 1 amide bonds. The first-order valence-corrected chi connectivity index (χ1v) is 10.5. The normalized spacial score (nSPS) is 14.9. The number of carbonyl (C=O) groups excluding carboxylic acids is 1. The molecule has 0 aromatic heterocycles. The third kappa shape index (κ3) is 5.65. The summed E-state index contributed by atoms with van der Waals surface area (Å²) >= 11 is 6.17. The summed E-state index contributed by atoms with van der Waals surface area (Å²) in [7, 11) is 0. The second kappa shape index (κ2) is 10.4. The summed E-state index contributed by atoms with van der Waals surface area (Å²) in [5, 5.41) is 3.75. The third-order valence-electron chi connectivity index (χ3n) is 5.03. The van der Waals surface area contributed by atoms with Crippen molar-refractivity contribution in [2.24, 2.45) is 0 Å². The Kier molecular flexibility index (Phi) is 7.61. The fourth-order valence-corrected chi connectivity index (χ4v) is 3.73. The molecule has 28 heavy (non-hydrogen) atoms. The van der Waals surface area contributed by atoms with Gasteiger partial charge in [-0.1, -0.05) is 49.4 Å². The molecule has 1 N–H and O–H groups in total. The number of carbonyl (C=O) groups is 1. The van der Waals surface area contributed by atoms with Crippen molar-refractivity contribution in [1.82, 2.24) is 5.32 Å². The summed E-state index contributed by atoms with van der Waals surface area (Å²) in [4.78, 5) is 12.8. The quantitative estimate of drug-likeness (QED) is 0.599. The van der Waals surface area contributed by atoms with Crippen molar-refractivity contribution in [3.05, 3.63) is 58.6 Å². The summed E-state index contributed by atoms with van der Waals surface area (Å²) in [5.41, 5.74) is 1.46. The molecule has 2 aromatic carbocycles. The average molecular weight is 402 g/mol. The van der Waals surface area contributed by atoms with Crippen LogP contribution in [0.3, 0.4) is 0 Å². The SMILES string of the molecule is CCOc1ccc(C(=O)NC2CCCCCC2)cc1COc1ccccc1Cl. The van der Waals surface area contributed by atoms with Crippen molar-refractivity contribution in [3.8, 4) is 11.5 Å². The predicted octanol–water partition coefficient (Wildman–Crippen LogP) is 5.77. The number of ether oxygens (including phenoxy) is 2. The first-order valence-electron chi connectivity index (χ1n) is 10.1. The highest BCUT2D eigenvalue weighted by atomic mass is 35.5. The van der Waals surface area contributed by atoms with Crippen molar-refractivity contribution < 1.29 is 14.3 Å². The van der Waals surface area contributed by atoms with Gasteiger partial charge in [-0.15, -0.1) is 0 Å². The maximum atomic E-state index is 12.8. The summed E-state index contributed by atoms with van der Waals surface area (Å²) in [6, 6.07) is 13.1. The number of hydrogen-bond donors (Lipinski definition) is 1. The Morgan fingerprint density at radius 3 is 2.50 bits per heavy atom. The molecule has 0 heterocycles. The molecule has 1 aliphatic rings. The van der Waals surface area contributed by atoms with Crippen LogP contribution in [-0.4, -0.2) is 18.6 Å². The van der Waals surface area contributed by atoms with Gasteiger partial charge in [-0.3, -0.25) is 4.79 Å². The van der Waals surface area contributed by atoms with E-state index in [1.165, 1.54) is 25.7 Å². The topological polar surface area (TPSA) is 47.6 Å². The number of benzene rings is 2. The van der Waals surface area contributed by atoms with E-state index in [4.69, 9.17) is 21.1 Å². The van der Waals surface area contributed by atoms with E-state index >= 15 is 0 Å². The van der Waals surface area contributed by atoms with Gasteiger partial charge in [0.15, 0.2) is 0 Å². The summed E-state index contributed by atoms with van der Waals surface area (Å²) in [5.74, 6) is 1.30. The van der Waals surface area contributed by atoms with Crippen molar-refractivity contribution >= 4 is 17.5 Å². The standard InChI is InChI=1S/C23H28ClNO3/c1-2-27-21-14-13-17(23(26)25-19-9-5-3-4-6-10-19)15-18(21)16-28-22-12-8-7-11-20(22)24/h7-8,11-15,19H,2-6,9-10,16H2,1H3,(H,25,26). The van der Waals surface area contributed by atoms with E-state index < -0.39 is 0 Å². The number of para-hydroxylation sites is 1. The van der Waals surface area contributed by atoms with Crippen LogP contribution in [-0.2, 0) is 6.61 Å². The Hall–Kier alpha value is -2.20. The highest BCUT2D eigenvalue weighted by Gasteiger charge is 2.17. The number of nitrogens with one attached hydrogen (secondary N) is 1. The van der Waals surface area contributed by atoms with Crippen LogP contribution < -0.4 is 14.8 Å². The van der Waals surface area contributed by atoms with Crippen molar-refractivity contribution in [3.63, 3.8) is 0 Å². The van der Waals surface area contributed by atoms with E-state index in [0.717, 1.165) is 24.2 Å². The fourth-order valence-electron chi connectivity index (χ4n) is 3.54. The smallest absolute Gasteiger partial charge is 0.251 e. The number of halogens is 1. The van der Waals surface area contributed by atoms with E-state index in [-0.39, 0.29) is 18.6 Å². The second-order valence-electron chi connectivity index (χ2n) is 7.14. The molecule has 0 saturated heterocycles. The molecule has 150 valence electrons. The molecule has 3 rings (SSSR count). The molecule has 1 saturated carbocycles. The number of rotatable bonds is 7. The average Bonchev–Trinajstić information content (AvgIpc) is 2.97. The lowest BCUT2D eigenvalue weighted by Gasteiger charge is -2.17. The molecule has 2 aromatic rings. The van der Waals surface area contributed by atoms with Crippen molar-refractivity contribution in [2.75, 3.05) is 6.61 Å². The molecule has 1 fully saturated rings. The fraction of sp³-hybridized carbons (Fsp3) is 0.435. The van der Waals surface area contributed by atoms with Crippen LogP contribution in [0.15, 0.2) is 42.5 Å². The van der Waals surface area contributed by atoms with Crippen LogP contribution in [0.2, 0.25) is 5.02 Å². The molecule has 0 atom stereocenters. The zero-order valence-electron chi connectivity index (χ0n) is 16.4. The molecule has 4 nitrogen and oxygen atoms in total. The van der Waals surface area contributed by atoms with Gasteiger partial charge in [-0.05, 0) is 50.1 Å². The minimum atomic E-state index is -0.0334. The van der Waals surface area contributed by atoms with Crippen molar-refractivity contribution in [2.45, 2.75) is 58.1 Å². The van der Waals surface area contributed by atoms with Crippen LogP contribution >= 0.6 is 11.6 Å². The van der Waals surface area contributed by atoms with Crippen LogP contribution in [0.5, 0.6) is 11.5 Å². The third-order valence-corrected chi connectivity index (χ3v) is 5.34. The van der Waals surface area contributed by atoms with Gasteiger partial charge in [-0.25, -0.2) is 0 Å². The van der Waals surface area contributed by atoms with E-state index in [1.807, 2.05) is 43.3 Å². The molecule has 5 heteroatoms. The van der Waals surface area contributed by atoms with Gasteiger partial charge in [0, 0.05) is 17.2 Å². The highest BCUT2D eigenvalue weighted by molar-refractivity contribution is 6.32. The second-order valence-corrected chi connectivity index (χ2v) is 7.54. The Balaban J connectivity index is 1.72. The molecule has 0 aliphatic heterocycles. The Morgan fingerprint density at radius 1 is 1.04 bits per heavy atom. The Labute approximate surface area is 172 Å². The predicted molar refractivity (Wildman–Crippen MR) is 112 cm³/mol. The zero-order chi connectivity index (χ0) is 19.8. The molecular formula is C23H28ClNO3. The number of amides is 1. The lowest BCUT2D eigenvalue weighted by Crippen LogP contribution is -2.34. The molecule has 0 bridgehead atoms. The number of hydrogen-bond acceptors (Lipinski definition) is 3. The van der Waals surface area contributed by atoms with Gasteiger partial charge < -0.3 is 14.8 Å². The first-order chi connectivity index (χ1) is 13.7. The minimum Gasteiger partial charge on any atom is -0.493 e. The Bertz CT molecular complexity index is 785. The van der Waals surface area contributed by atoms with Gasteiger partial charge in [0.25, 0.3) is 5.91 Å². The van der Waals surface area contributed by atoms with Crippen LogP contribution in [0, 0.1) is 0 Å². The van der Waals surface area contributed by atoms with Gasteiger partial charge in [0.2, 0.25) is 0 Å². The van der Waals surface area contributed by atoms with Crippen LogP contribution in [0.25, 0.3) is 0 Å². The van der Waals surface area contributed by atoms with Gasteiger partial charge >= 0.3 is 0 Å². The minimum absolute atomic E-state index is 0.0334. The summed E-state index contributed by atoms with van der Waals surface area (Å²) < 4.78 is 11.6. The van der Waals surface area contributed by atoms with Crippen LogP contribution in [0.4, 0.5) is 0 Å². The van der Waals surface area contributed by atoms with E-state index in [9.17, 15) is 4.79 Å². The lowest BCUT2D eigenvalue weighted by atomic mass is 10.1. The first kappa shape index (κ1) is 20.5. The molecule has 0 spiro atoms. The van der Waals surface area contributed by atoms with Crippen molar-refractivity contribution in [1.29, 1.82) is 0 Å². The highest BCUT2D eigenvalue weighted by Crippen LogP contribution is 2.27. The monoisotopic (exact) mass is 401 g/mol. The van der Waals surface area contributed by atoms with Gasteiger partial charge in [0.1, 0.15) is 18.1 Å². The lowest BCUT2D eigenvalue weighted by molar-refractivity contribution is 0.0933. The molecule has 0 unspecified atom stereocenters. The molecule has 1 aliphatic carbocycles. The zero-order valence-corrected chi connectivity index (χ0v) is 17.1.